The number of thioether (sulfide) groups is 1. The van der Waals surface area contributed by atoms with Crippen LogP contribution in [0.4, 0.5) is 10.8 Å². The molecule has 0 bridgehead atoms. The molecule has 30 heavy (non-hydrogen) atoms. The summed E-state index contributed by atoms with van der Waals surface area (Å²) in [6.45, 7) is 7.60. The lowest BCUT2D eigenvalue weighted by Gasteiger charge is -2.13. The molecule has 0 fully saturated rings. The molecule has 2 aromatic carbocycles. The Balaban J connectivity index is 1.83. The first kappa shape index (κ1) is 22.3. The van der Waals surface area contributed by atoms with Crippen LogP contribution in [0.1, 0.15) is 35.3 Å². The summed E-state index contributed by atoms with van der Waals surface area (Å²) < 4.78 is 29.3. The number of hydrogen-bond acceptors (Lipinski definition) is 7. The van der Waals surface area contributed by atoms with Crippen molar-refractivity contribution in [3.8, 4) is 0 Å². The number of benzene rings is 2. The lowest BCUT2D eigenvalue weighted by atomic mass is 10.1. The number of nitrogens with zero attached hydrogens (tertiary/aromatic N) is 2. The number of amides is 1. The molecule has 0 radical (unpaired) electrons. The van der Waals surface area contributed by atoms with Crippen LogP contribution in [0.2, 0.25) is 0 Å². The van der Waals surface area contributed by atoms with E-state index in [1.807, 2.05) is 32.9 Å². The fourth-order valence-electron chi connectivity index (χ4n) is 2.60. The van der Waals surface area contributed by atoms with Gasteiger partial charge in [0.05, 0.1) is 10.6 Å². The van der Waals surface area contributed by atoms with Gasteiger partial charge >= 0.3 is 0 Å². The molecule has 0 saturated carbocycles. The van der Waals surface area contributed by atoms with E-state index in [4.69, 9.17) is 0 Å². The number of aryl methyl sites for hydroxylation is 2. The van der Waals surface area contributed by atoms with Crippen molar-refractivity contribution in [2.24, 2.45) is 0 Å². The normalized spacial score (nSPS) is 11.5. The summed E-state index contributed by atoms with van der Waals surface area (Å²) >= 11 is 2.84. The van der Waals surface area contributed by atoms with Gasteiger partial charge in [-0.15, -0.1) is 10.2 Å². The van der Waals surface area contributed by atoms with Crippen LogP contribution < -0.4 is 10.0 Å². The number of carbonyl (C=O) groups is 1. The van der Waals surface area contributed by atoms with Crippen LogP contribution >= 0.6 is 23.1 Å². The van der Waals surface area contributed by atoms with Crippen LogP contribution in [0.5, 0.6) is 0 Å². The molecule has 0 spiro atoms. The molecule has 1 heterocycles. The molecular formula is C20H22N4O3S3. The van der Waals surface area contributed by atoms with Crippen molar-refractivity contribution in [2.45, 2.75) is 42.2 Å². The summed E-state index contributed by atoms with van der Waals surface area (Å²) in [5, 5.41) is 11.4. The molecule has 2 N–H and O–H groups in total. The topological polar surface area (TPSA) is 101 Å². The Morgan fingerprint density at radius 3 is 2.50 bits per heavy atom. The zero-order valence-electron chi connectivity index (χ0n) is 17.0. The van der Waals surface area contributed by atoms with Gasteiger partial charge in [-0.2, -0.15) is 0 Å². The van der Waals surface area contributed by atoms with E-state index in [1.54, 1.807) is 43.0 Å². The van der Waals surface area contributed by atoms with Crippen LogP contribution in [-0.2, 0) is 10.0 Å². The molecule has 0 unspecified atom stereocenters. The zero-order chi connectivity index (χ0) is 21.9. The lowest BCUT2D eigenvalue weighted by molar-refractivity contribution is 0.102. The van der Waals surface area contributed by atoms with Crippen molar-refractivity contribution >= 4 is 49.8 Å². The highest BCUT2D eigenvalue weighted by atomic mass is 32.2. The maximum absolute atomic E-state index is 12.9. The summed E-state index contributed by atoms with van der Waals surface area (Å²) in [5.41, 5.74) is 2.06. The van der Waals surface area contributed by atoms with Gasteiger partial charge in [0.2, 0.25) is 5.13 Å². The highest BCUT2D eigenvalue weighted by Gasteiger charge is 2.20. The van der Waals surface area contributed by atoms with E-state index in [0.717, 1.165) is 9.90 Å². The Morgan fingerprint density at radius 2 is 1.80 bits per heavy atom. The highest BCUT2D eigenvalue weighted by molar-refractivity contribution is 8.01. The molecule has 10 heteroatoms. The number of hydrogen-bond donors (Lipinski definition) is 2. The molecule has 0 saturated heterocycles. The minimum atomic E-state index is -3.86. The van der Waals surface area contributed by atoms with Gasteiger partial charge in [0, 0.05) is 10.8 Å². The predicted octanol–water partition coefficient (Wildman–Crippen LogP) is 4.71. The molecule has 0 aliphatic rings. The van der Waals surface area contributed by atoms with Gasteiger partial charge in [-0.25, -0.2) is 8.42 Å². The third kappa shape index (κ3) is 5.38. The second-order valence-corrected chi connectivity index (χ2v) is 11.3. The second kappa shape index (κ2) is 9.15. The van der Waals surface area contributed by atoms with Gasteiger partial charge in [-0.05, 0) is 43.2 Å². The summed E-state index contributed by atoms with van der Waals surface area (Å²) in [6.07, 6.45) is 0. The molecular weight excluding hydrogens is 440 g/mol. The van der Waals surface area contributed by atoms with E-state index in [2.05, 4.69) is 20.2 Å². The number of sulfonamides is 1. The largest absolute Gasteiger partial charge is 0.296 e. The summed E-state index contributed by atoms with van der Waals surface area (Å²) in [4.78, 5) is 12.7. The maximum Gasteiger partial charge on any atom is 0.262 e. The number of aromatic nitrogens is 2. The molecule has 7 nitrogen and oxygen atoms in total. The standard InChI is InChI=1S/C20H22N4O3S3/c1-12(2)28-20-23-22-19(29-20)21-18(25)15-10-9-14(4)17(11-15)30(26,27)24-16-8-6-5-7-13(16)3/h5-12,24H,1-4H3,(H,21,22,25). The number of nitrogens with one attached hydrogen (secondary N) is 2. The van der Waals surface area contributed by atoms with Gasteiger partial charge in [0.15, 0.2) is 4.34 Å². The molecule has 0 aliphatic carbocycles. The van der Waals surface area contributed by atoms with Crippen LogP contribution in [0, 0.1) is 13.8 Å². The molecule has 158 valence electrons. The van der Waals surface area contributed by atoms with Crippen molar-refractivity contribution in [3.63, 3.8) is 0 Å². The Labute approximate surface area is 184 Å². The molecule has 0 aliphatic heterocycles. The van der Waals surface area contributed by atoms with Crippen LogP contribution in [0.3, 0.4) is 0 Å². The van der Waals surface area contributed by atoms with Crippen molar-refractivity contribution in [2.75, 3.05) is 10.0 Å². The first-order chi connectivity index (χ1) is 14.2. The van der Waals surface area contributed by atoms with Gasteiger partial charge < -0.3 is 0 Å². The average molecular weight is 463 g/mol. The lowest BCUT2D eigenvalue weighted by Crippen LogP contribution is -2.17. The van der Waals surface area contributed by atoms with E-state index >= 15 is 0 Å². The first-order valence-electron chi connectivity index (χ1n) is 9.16. The minimum absolute atomic E-state index is 0.0479. The second-order valence-electron chi connectivity index (χ2n) is 6.89. The summed E-state index contributed by atoms with van der Waals surface area (Å²) in [5.74, 6) is -0.445. The minimum Gasteiger partial charge on any atom is -0.296 e. The van der Waals surface area contributed by atoms with Crippen LogP contribution in [0.25, 0.3) is 0 Å². The SMILES string of the molecule is Cc1ccccc1NS(=O)(=O)c1cc(C(=O)Nc2nnc(SC(C)C)s2)ccc1C. The smallest absolute Gasteiger partial charge is 0.262 e. The van der Waals surface area contributed by atoms with Crippen molar-refractivity contribution in [1.29, 1.82) is 0 Å². The first-order valence-corrected chi connectivity index (χ1v) is 12.3. The predicted molar refractivity (Wildman–Crippen MR) is 122 cm³/mol. The number of para-hydroxylation sites is 1. The monoisotopic (exact) mass is 462 g/mol. The highest BCUT2D eigenvalue weighted by Crippen LogP contribution is 2.29. The third-order valence-corrected chi connectivity index (χ3v) is 7.53. The van der Waals surface area contributed by atoms with Crippen molar-refractivity contribution < 1.29 is 13.2 Å². The fourth-order valence-corrected chi connectivity index (χ4v) is 5.97. The summed E-state index contributed by atoms with van der Waals surface area (Å²) in [6, 6.07) is 11.7. The quantitative estimate of drug-likeness (QED) is 0.390. The third-order valence-electron chi connectivity index (χ3n) is 4.09. The molecule has 1 amide bonds. The number of carbonyl (C=O) groups excluding carboxylic acids is 1. The van der Waals surface area contributed by atoms with E-state index in [-0.39, 0.29) is 10.5 Å². The zero-order valence-corrected chi connectivity index (χ0v) is 19.4. The molecule has 3 rings (SSSR count). The van der Waals surface area contributed by atoms with Crippen molar-refractivity contribution in [1.82, 2.24) is 10.2 Å². The van der Waals surface area contributed by atoms with E-state index < -0.39 is 15.9 Å². The number of rotatable bonds is 7. The Hall–Kier alpha value is -2.43. The fraction of sp³-hybridized carbons (Fsp3) is 0.250. The molecule has 3 aromatic rings. The Bertz CT molecular complexity index is 1170. The van der Waals surface area contributed by atoms with Crippen molar-refractivity contribution in [3.05, 3.63) is 59.2 Å². The van der Waals surface area contributed by atoms with Gasteiger partial charge in [-0.3, -0.25) is 14.8 Å². The Morgan fingerprint density at radius 1 is 1.07 bits per heavy atom. The molecule has 1 aromatic heterocycles. The van der Waals surface area contributed by atoms with Crippen LogP contribution in [0.15, 0.2) is 51.7 Å². The van der Waals surface area contributed by atoms with Gasteiger partial charge in [0.1, 0.15) is 0 Å². The van der Waals surface area contributed by atoms with Gasteiger partial charge in [0.25, 0.3) is 15.9 Å². The van der Waals surface area contributed by atoms with E-state index in [0.29, 0.717) is 21.6 Å². The van der Waals surface area contributed by atoms with E-state index in [1.165, 1.54) is 17.4 Å². The summed E-state index contributed by atoms with van der Waals surface area (Å²) in [7, 11) is -3.86. The van der Waals surface area contributed by atoms with Gasteiger partial charge in [-0.1, -0.05) is 61.2 Å². The maximum atomic E-state index is 12.9. The average Bonchev–Trinajstić information content (AvgIpc) is 3.09. The van der Waals surface area contributed by atoms with E-state index in [9.17, 15) is 13.2 Å². The van der Waals surface area contributed by atoms with Crippen LogP contribution in [-0.4, -0.2) is 29.8 Å². The molecule has 0 atom stereocenters. The number of anilines is 2. The Kier molecular flexibility index (Phi) is 6.79.